The van der Waals surface area contributed by atoms with Crippen LogP contribution in [0.5, 0.6) is 0 Å². The van der Waals surface area contributed by atoms with E-state index in [4.69, 9.17) is 5.26 Å². The van der Waals surface area contributed by atoms with Gasteiger partial charge in [-0.1, -0.05) is 0 Å². The Kier molecular flexibility index (Phi) is 4.06. The van der Waals surface area contributed by atoms with Crippen LogP contribution in [0.1, 0.15) is 12.2 Å². The molecule has 1 aromatic heterocycles. The largest absolute Gasteiger partial charge is 0.363 e. The Bertz CT molecular complexity index is 394. The van der Waals surface area contributed by atoms with Crippen LogP contribution in [0.4, 0.5) is 11.6 Å². The average molecular weight is 219 g/mol. The summed E-state index contributed by atoms with van der Waals surface area (Å²) in [5, 5.41) is 8.54. The van der Waals surface area contributed by atoms with Crippen molar-refractivity contribution in [3.05, 3.63) is 11.9 Å². The van der Waals surface area contributed by atoms with Gasteiger partial charge in [0, 0.05) is 33.8 Å². The normalized spacial score (nSPS) is 9.69. The maximum absolute atomic E-state index is 8.54. The Labute approximate surface area is 96.3 Å². The highest BCUT2D eigenvalue weighted by molar-refractivity contribution is 5.49. The third-order valence-electron chi connectivity index (χ3n) is 2.22. The molecule has 0 spiro atoms. The van der Waals surface area contributed by atoms with Gasteiger partial charge >= 0.3 is 0 Å². The van der Waals surface area contributed by atoms with Gasteiger partial charge in [0.1, 0.15) is 17.5 Å². The van der Waals surface area contributed by atoms with Gasteiger partial charge < -0.3 is 9.80 Å². The van der Waals surface area contributed by atoms with Crippen molar-refractivity contribution in [2.24, 2.45) is 0 Å². The molecule has 5 heteroatoms. The van der Waals surface area contributed by atoms with Crippen LogP contribution in [0.15, 0.2) is 6.07 Å². The van der Waals surface area contributed by atoms with E-state index in [-0.39, 0.29) is 0 Å². The standard InChI is InChI=1S/C11H17N5/c1-9-13-10(15(2)3)8-11(14-9)16(4)7-5-6-12/h8H,5,7H2,1-4H3. The predicted octanol–water partition coefficient (Wildman–Crippen LogP) is 1.20. The summed E-state index contributed by atoms with van der Waals surface area (Å²) in [6.45, 7) is 2.55. The molecule has 0 saturated heterocycles. The first-order valence-corrected chi connectivity index (χ1v) is 5.15. The molecular formula is C11H17N5. The summed E-state index contributed by atoms with van der Waals surface area (Å²) in [6, 6.07) is 4.05. The molecular weight excluding hydrogens is 202 g/mol. The van der Waals surface area contributed by atoms with Gasteiger partial charge in [0.2, 0.25) is 0 Å². The molecule has 0 aliphatic carbocycles. The first-order valence-electron chi connectivity index (χ1n) is 5.15. The van der Waals surface area contributed by atoms with Gasteiger partial charge in [-0.05, 0) is 6.92 Å². The molecule has 0 atom stereocenters. The van der Waals surface area contributed by atoms with Gasteiger partial charge in [0.05, 0.1) is 12.5 Å². The molecule has 0 aromatic carbocycles. The zero-order valence-electron chi connectivity index (χ0n) is 10.2. The molecule has 86 valence electrons. The Balaban J connectivity index is 2.92. The number of aryl methyl sites for hydroxylation is 1. The quantitative estimate of drug-likeness (QED) is 0.761. The highest BCUT2D eigenvalue weighted by Crippen LogP contribution is 2.16. The van der Waals surface area contributed by atoms with Crippen LogP contribution in [-0.4, -0.2) is 37.7 Å². The van der Waals surface area contributed by atoms with Crippen molar-refractivity contribution in [1.29, 1.82) is 5.26 Å². The lowest BCUT2D eigenvalue weighted by atomic mass is 10.4. The molecule has 0 aliphatic heterocycles. The van der Waals surface area contributed by atoms with E-state index in [2.05, 4.69) is 16.0 Å². The van der Waals surface area contributed by atoms with E-state index < -0.39 is 0 Å². The number of nitriles is 1. The number of hydrogen-bond acceptors (Lipinski definition) is 5. The first kappa shape index (κ1) is 12.2. The highest BCUT2D eigenvalue weighted by Gasteiger charge is 2.07. The molecule has 0 unspecified atom stereocenters. The fourth-order valence-corrected chi connectivity index (χ4v) is 1.29. The Morgan fingerprint density at radius 3 is 2.44 bits per heavy atom. The Morgan fingerprint density at radius 2 is 1.88 bits per heavy atom. The lowest BCUT2D eigenvalue weighted by Crippen LogP contribution is -2.21. The minimum Gasteiger partial charge on any atom is -0.363 e. The average Bonchev–Trinajstić information content (AvgIpc) is 2.24. The summed E-state index contributed by atoms with van der Waals surface area (Å²) in [4.78, 5) is 12.6. The smallest absolute Gasteiger partial charge is 0.134 e. The summed E-state index contributed by atoms with van der Waals surface area (Å²) in [5.41, 5.74) is 0. The predicted molar refractivity (Wildman–Crippen MR) is 64.6 cm³/mol. The van der Waals surface area contributed by atoms with Crippen molar-refractivity contribution in [2.75, 3.05) is 37.5 Å². The molecule has 0 aliphatic rings. The molecule has 1 aromatic rings. The van der Waals surface area contributed by atoms with Crippen molar-refractivity contribution < 1.29 is 0 Å². The molecule has 0 fully saturated rings. The summed E-state index contributed by atoms with van der Waals surface area (Å²) in [5.74, 6) is 2.47. The fourth-order valence-electron chi connectivity index (χ4n) is 1.29. The molecule has 0 radical (unpaired) electrons. The molecule has 1 rings (SSSR count). The zero-order valence-corrected chi connectivity index (χ0v) is 10.2. The zero-order chi connectivity index (χ0) is 12.1. The van der Waals surface area contributed by atoms with E-state index >= 15 is 0 Å². The minimum atomic E-state index is 0.497. The molecule has 0 amide bonds. The van der Waals surface area contributed by atoms with Gasteiger partial charge in [0.15, 0.2) is 0 Å². The van der Waals surface area contributed by atoms with E-state index in [1.165, 1.54) is 0 Å². The third-order valence-corrected chi connectivity index (χ3v) is 2.22. The summed E-state index contributed by atoms with van der Waals surface area (Å²) < 4.78 is 0. The molecule has 16 heavy (non-hydrogen) atoms. The van der Waals surface area contributed by atoms with Gasteiger partial charge in [-0.25, -0.2) is 9.97 Å². The van der Waals surface area contributed by atoms with Crippen LogP contribution in [0.2, 0.25) is 0 Å². The summed E-state index contributed by atoms with van der Waals surface area (Å²) >= 11 is 0. The maximum atomic E-state index is 8.54. The Morgan fingerprint density at radius 1 is 1.25 bits per heavy atom. The topological polar surface area (TPSA) is 56.1 Å². The second-order valence-corrected chi connectivity index (χ2v) is 3.86. The van der Waals surface area contributed by atoms with Crippen molar-refractivity contribution in [3.8, 4) is 6.07 Å². The van der Waals surface area contributed by atoms with E-state index in [0.717, 1.165) is 17.5 Å². The number of aromatic nitrogens is 2. The SMILES string of the molecule is Cc1nc(N(C)C)cc(N(C)CCC#N)n1. The van der Waals surface area contributed by atoms with Crippen LogP contribution in [0, 0.1) is 18.3 Å². The van der Waals surface area contributed by atoms with Gasteiger partial charge in [-0.15, -0.1) is 0 Å². The Hall–Kier alpha value is -1.83. The second kappa shape index (κ2) is 5.31. The maximum Gasteiger partial charge on any atom is 0.134 e. The van der Waals surface area contributed by atoms with Gasteiger partial charge in [-0.3, -0.25) is 0 Å². The molecule has 0 saturated carbocycles. The van der Waals surface area contributed by atoms with Crippen molar-refractivity contribution >= 4 is 11.6 Å². The lowest BCUT2D eigenvalue weighted by molar-refractivity contribution is 0.865. The van der Waals surface area contributed by atoms with Crippen LogP contribution in [0.25, 0.3) is 0 Å². The van der Waals surface area contributed by atoms with E-state index in [0.29, 0.717) is 13.0 Å². The minimum absolute atomic E-state index is 0.497. The summed E-state index contributed by atoms with van der Waals surface area (Å²) in [6.07, 6.45) is 0.497. The van der Waals surface area contributed by atoms with Crippen molar-refractivity contribution in [3.63, 3.8) is 0 Å². The molecule has 5 nitrogen and oxygen atoms in total. The fraction of sp³-hybridized carbons (Fsp3) is 0.545. The van der Waals surface area contributed by atoms with Crippen molar-refractivity contribution in [1.82, 2.24) is 9.97 Å². The molecule has 0 bridgehead atoms. The first-order chi connectivity index (χ1) is 7.54. The number of rotatable bonds is 4. The van der Waals surface area contributed by atoms with E-state index in [1.54, 1.807) is 0 Å². The number of anilines is 2. The van der Waals surface area contributed by atoms with Crippen LogP contribution < -0.4 is 9.80 Å². The van der Waals surface area contributed by atoms with E-state index in [9.17, 15) is 0 Å². The van der Waals surface area contributed by atoms with Gasteiger partial charge in [-0.2, -0.15) is 5.26 Å². The number of hydrogen-bond donors (Lipinski definition) is 0. The van der Waals surface area contributed by atoms with Crippen molar-refractivity contribution in [2.45, 2.75) is 13.3 Å². The second-order valence-electron chi connectivity index (χ2n) is 3.86. The lowest BCUT2D eigenvalue weighted by Gasteiger charge is -2.19. The number of nitrogens with zero attached hydrogens (tertiary/aromatic N) is 5. The summed E-state index contributed by atoms with van der Waals surface area (Å²) in [7, 11) is 5.82. The van der Waals surface area contributed by atoms with Crippen LogP contribution >= 0.6 is 0 Å². The van der Waals surface area contributed by atoms with Crippen LogP contribution in [-0.2, 0) is 0 Å². The monoisotopic (exact) mass is 219 g/mol. The van der Waals surface area contributed by atoms with E-state index in [1.807, 2.05) is 43.9 Å². The molecule has 0 N–H and O–H groups in total. The van der Waals surface area contributed by atoms with Crippen LogP contribution in [0.3, 0.4) is 0 Å². The molecule has 1 heterocycles. The third kappa shape index (κ3) is 3.09. The van der Waals surface area contributed by atoms with Gasteiger partial charge in [0.25, 0.3) is 0 Å². The highest BCUT2D eigenvalue weighted by atomic mass is 15.2.